The molecular weight excluding hydrogens is 350 g/mol. The van der Waals surface area contributed by atoms with Crippen LogP contribution in [0.25, 0.3) is 26.7 Å². The molecular formula is C20H15NO4S. The van der Waals surface area contributed by atoms with Crippen LogP contribution in [0.1, 0.15) is 10.4 Å². The molecule has 0 N–H and O–H groups in total. The second kappa shape index (κ2) is 6.31. The van der Waals surface area contributed by atoms with Gasteiger partial charge in [0.1, 0.15) is 5.75 Å². The third-order valence-corrected chi connectivity index (χ3v) is 5.29. The van der Waals surface area contributed by atoms with Crippen molar-refractivity contribution in [1.29, 1.82) is 0 Å². The van der Waals surface area contributed by atoms with Crippen molar-refractivity contribution in [2.75, 3.05) is 14.2 Å². The lowest BCUT2D eigenvalue weighted by Gasteiger charge is -2.13. The Balaban J connectivity index is 2.17. The highest BCUT2D eigenvalue weighted by Crippen LogP contribution is 2.32. The largest absolute Gasteiger partial charge is 0.496 e. The number of fused-ring (bicyclic) bond motifs is 3. The normalized spacial score (nSPS) is 11.0. The van der Waals surface area contributed by atoms with Crippen molar-refractivity contribution in [3.8, 4) is 16.9 Å². The van der Waals surface area contributed by atoms with Crippen molar-refractivity contribution in [1.82, 2.24) is 4.40 Å². The number of ether oxygens (including phenoxy) is 2. The fourth-order valence-corrected chi connectivity index (χ4v) is 4.08. The van der Waals surface area contributed by atoms with E-state index in [0.717, 1.165) is 10.1 Å². The van der Waals surface area contributed by atoms with Crippen LogP contribution in [0.3, 0.4) is 0 Å². The van der Waals surface area contributed by atoms with Gasteiger partial charge >= 0.3 is 5.97 Å². The SMILES string of the molecule is COC(=O)c1cc(-c2ccccc2OC)c(=O)n2ccc3ccsc3c12. The molecule has 3 heterocycles. The molecule has 0 amide bonds. The minimum absolute atomic E-state index is 0.215. The zero-order valence-electron chi connectivity index (χ0n) is 14.2. The van der Waals surface area contributed by atoms with E-state index in [1.54, 1.807) is 31.5 Å². The quantitative estimate of drug-likeness (QED) is 0.516. The van der Waals surface area contributed by atoms with E-state index in [4.69, 9.17) is 9.47 Å². The summed E-state index contributed by atoms with van der Waals surface area (Å²) >= 11 is 1.48. The van der Waals surface area contributed by atoms with Crippen LogP contribution >= 0.6 is 11.3 Å². The summed E-state index contributed by atoms with van der Waals surface area (Å²) in [4.78, 5) is 25.7. The maximum absolute atomic E-state index is 13.2. The van der Waals surface area contributed by atoms with Gasteiger partial charge in [0.05, 0.1) is 35.6 Å². The number of nitrogens with zero attached hydrogens (tertiary/aromatic N) is 1. The summed E-state index contributed by atoms with van der Waals surface area (Å²) in [6, 6.07) is 12.7. The predicted octanol–water partition coefficient (Wildman–Crippen LogP) is 3.98. The van der Waals surface area contributed by atoms with Crippen molar-refractivity contribution >= 4 is 32.9 Å². The van der Waals surface area contributed by atoms with E-state index in [9.17, 15) is 9.59 Å². The van der Waals surface area contributed by atoms with Gasteiger partial charge in [-0.25, -0.2) is 4.79 Å². The maximum Gasteiger partial charge on any atom is 0.340 e. The molecule has 0 radical (unpaired) electrons. The number of esters is 1. The highest BCUT2D eigenvalue weighted by molar-refractivity contribution is 7.18. The first-order valence-corrected chi connectivity index (χ1v) is 8.81. The second-order valence-electron chi connectivity index (χ2n) is 5.71. The molecule has 0 saturated heterocycles. The molecule has 0 saturated carbocycles. The van der Waals surface area contributed by atoms with Crippen LogP contribution in [0.2, 0.25) is 0 Å². The molecule has 0 bridgehead atoms. The standard InChI is InChI=1S/C20H15NO4S/c1-24-16-6-4-3-5-13(16)14-11-15(20(23)25-2)17-18-12(8-10-26-18)7-9-21(17)19(14)22/h3-11H,1-2H3. The van der Waals surface area contributed by atoms with Crippen molar-refractivity contribution in [2.24, 2.45) is 0 Å². The average Bonchev–Trinajstić information content (AvgIpc) is 3.16. The molecule has 0 aliphatic rings. The van der Waals surface area contributed by atoms with E-state index < -0.39 is 5.97 Å². The van der Waals surface area contributed by atoms with E-state index >= 15 is 0 Å². The number of hydrogen-bond acceptors (Lipinski definition) is 5. The summed E-state index contributed by atoms with van der Waals surface area (Å²) in [5.74, 6) is 0.0807. The molecule has 0 unspecified atom stereocenters. The Morgan fingerprint density at radius 2 is 1.88 bits per heavy atom. The molecule has 3 aromatic heterocycles. The molecule has 26 heavy (non-hydrogen) atoms. The van der Waals surface area contributed by atoms with Gasteiger partial charge in [-0.3, -0.25) is 9.20 Å². The molecule has 0 aliphatic carbocycles. The van der Waals surface area contributed by atoms with E-state index in [2.05, 4.69) is 0 Å². The number of pyridine rings is 2. The highest BCUT2D eigenvalue weighted by Gasteiger charge is 2.20. The Bertz CT molecular complexity index is 1210. The van der Waals surface area contributed by atoms with Gasteiger partial charge in [0.15, 0.2) is 0 Å². The molecule has 6 heteroatoms. The smallest absolute Gasteiger partial charge is 0.340 e. The number of aromatic nitrogens is 1. The number of carbonyl (C=O) groups excluding carboxylic acids is 1. The molecule has 1 aromatic carbocycles. The van der Waals surface area contributed by atoms with E-state index in [1.807, 2.05) is 29.6 Å². The number of thiophene rings is 1. The molecule has 0 aliphatic heterocycles. The Morgan fingerprint density at radius 1 is 1.08 bits per heavy atom. The van der Waals surface area contributed by atoms with Crippen LogP contribution in [0.5, 0.6) is 5.75 Å². The summed E-state index contributed by atoms with van der Waals surface area (Å²) in [5.41, 5.74) is 1.71. The van der Waals surface area contributed by atoms with Crippen LogP contribution in [-0.2, 0) is 4.74 Å². The number of methoxy groups -OCH3 is 2. The molecule has 0 fully saturated rings. The molecule has 130 valence electrons. The Labute approximate surface area is 153 Å². The highest BCUT2D eigenvalue weighted by atomic mass is 32.1. The average molecular weight is 365 g/mol. The lowest BCUT2D eigenvalue weighted by atomic mass is 10.0. The first-order chi connectivity index (χ1) is 12.7. The lowest BCUT2D eigenvalue weighted by Crippen LogP contribution is -2.19. The van der Waals surface area contributed by atoms with Crippen LogP contribution in [0.4, 0.5) is 0 Å². The third kappa shape index (κ3) is 2.38. The van der Waals surface area contributed by atoms with Crippen molar-refractivity contribution in [3.05, 3.63) is 70.0 Å². The van der Waals surface area contributed by atoms with E-state index in [0.29, 0.717) is 28.0 Å². The van der Waals surface area contributed by atoms with Crippen LogP contribution in [0, 0.1) is 0 Å². The molecule has 4 aromatic rings. The minimum atomic E-state index is -0.487. The van der Waals surface area contributed by atoms with Gasteiger partial charge in [0, 0.05) is 11.8 Å². The van der Waals surface area contributed by atoms with Gasteiger partial charge in [-0.1, -0.05) is 18.2 Å². The van der Waals surface area contributed by atoms with Crippen molar-refractivity contribution in [3.63, 3.8) is 0 Å². The van der Waals surface area contributed by atoms with Crippen LogP contribution < -0.4 is 10.3 Å². The third-order valence-electron chi connectivity index (χ3n) is 4.35. The summed E-state index contributed by atoms with van der Waals surface area (Å²) in [6.07, 6.45) is 1.69. The number of hydrogen-bond donors (Lipinski definition) is 0. The molecule has 0 atom stereocenters. The van der Waals surface area contributed by atoms with Gasteiger partial charge in [-0.05, 0) is 35.0 Å². The van der Waals surface area contributed by atoms with Gasteiger partial charge in [-0.15, -0.1) is 11.3 Å². The topological polar surface area (TPSA) is 57.0 Å². The van der Waals surface area contributed by atoms with E-state index in [-0.39, 0.29) is 5.56 Å². The Morgan fingerprint density at radius 3 is 2.65 bits per heavy atom. The number of rotatable bonds is 3. The van der Waals surface area contributed by atoms with Crippen molar-refractivity contribution < 1.29 is 14.3 Å². The minimum Gasteiger partial charge on any atom is -0.496 e. The monoisotopic (exact) mass is 365 g/mol. The summed E-state index contributed by atoms with van der Waals surface area (Å²) in [5, 5.41) is 2.91. The zero-order chi connectivity index (χ0) is 18.3. The van der Waals surface area contributed by atoms with Gasteiger partial charge < -0.3 is 9.47 Å². The van der Waals surface area contributed by atoms with Gasteiger partial charge in [-0.2, -0.15) is 0 Å². The Hall–Kier alpha value is -3.12. The number of carbonyl (C=O) groups is 1. The number of para-hydroxylation sites is 1. The second-order valence-corrected chi connectivity index (χ2v) is 6.62. The van der Waals surface area contributed by atoms with E-state index in [1.165, 1.54) is 22.8 Å². The molecule has 0 spiro atoms. The predicted molar refractivity (Wildman–Crippen MR) is 102 cm³/mol. The fraction of sp³-hybridized carbons (Fsp3) is 0.100. The fourth-order valence-electron chi connectivity index (χ4n) is 3.13. The summed E-state index contributed by atoms with van der Waals surface area (Å²) in [6.45, 7) is 0. The first-order valence-electron chi connectivity index (χ1n) is 7.93. The first kappa shape index (κ1) is 16.4. The van der Waals surface area contributed by atoms with Gasteiger partial charge in [0.2, 0.25) is 0 Å². The molecule has 5 nitrogen and oxygen atoms in total. The van der Waals surface area contributed by atoms with Crippen LogP contribution in [-0.4, -0.2) is 24.6 Å². The van der Waals surface area contributed by atoms with Crippen LogP contribution in [0.15, 0.2) is 58.8 Å². The van der Waals surface area contributed by atoms with Gasteiger partial charge in [0.25, 0.3) is 5.56 Å². The van der Waals surface area contributed by atoms with Crippen molar-refractivity contribution in [2.45, 2.75) is 0 Å². The number of benzene rings is 1. The lowest BCUT2D eigenvalue weighted by molar-refractivity contribution is 0.0602. The Kier molecular flexibility index (Phi) is 3.97. The summed E-state index contributed by atoms with van der Waals surface area (Å²) < 4.78 is 12.7. The molecule has 4 rings (SSSR count). The summed E-state index contributed by atoms with van der Waals surface area (Å²) in [7, 11) is 2.88. The maximum atomic E-state index is 13.2. The zero-order valence-corrected chi connectivity index (χ0v) is 15.0.